The number of carbonyl (C=O) groups is 1. The van der Waals surface area contributed by atoms with Crippen LogP contribution < -0.4 is 11.1 Å². The standard InChI is InChI=1S/C23H15F3N10O/c1-12-17(8-13(9-27)21(33-12)36-30-6-7-31-36)34-22(37)16-10-32-35(19(16)23(24,25)26)18-11-29-20(28)15-5-3-2-4-14(15)18/h2-8,10-11H,1H3,(H2,28,29)(H,34,37). The van der Waals surface area contributed by atoms with Crippen molar-refractivity contribution in [3.05, 3.63) is 77.6 Å². The number of halogens is 3. The molecular weight excluding hydrogens is 489 g/mol. The first kappa shape index (κ1) is 23.4. The number of anilines is 2. The van der Waals surface area contributed by atoms with Gasteiger partial charge in [-0.2, -0.15) is 33.7 Å². The van der Waals surface area contributed by atoms with Crippen LogP contribution in [-0.4, -0.2) is 40.6 Å². The fourth-order valence-corrected chi connectivity index (χ4v) is 3.81. The first-order valence-electron chi connectivity index (χ1n) is 10.6. The van der Waals surface area contributed by atoms with E-state index in [2.05, 4.69) is 30.6 Å². The minimum Gasteiger partial charge on any atom is -0.383 e. The summed E-state index contributed by atoms with van der Waals surface area (Å²) in [5.74, 6) is -0.845. The molecule has 4 aromatic heterocycles. The second-order valence-corrected chi connectivity index (χ2v) is 7.77. The maximum Gasteiger partial charge on any atom is 0.434 e. The summed E-state index contributed by atoms with van der Waals surface area (Å²) in [7, 11) is 0. The molecule has 11 nitrogen and oxygen atoms in total. The van der Waals surface area contributed by atoms with Crippen LogP contribution in [0.1, 0.15) is 27.3 Å². The maximum atomic E-state index is 14.3. The predicted molar refractivity (Wildman–Crippen MR) is 125 cm³/mol. The predicted octanol–water partition coefficient (Wildman–Crippen LogP) is 3.43. The highest BCUT2D eigenvalue weighted by molar-refractivity contribution is 6.06. The Balaban J connectivity index is 1.58. The number of benzene rings is 1. The molecule has 0 saturated carbocycles. The van der Waals surface area contributed by atoms with Crippen molar-refractivity contribution >= 4 is 28.2 Å². The average Bonchev–Trinajstić information content (AvgIpc) is 3.56. The molecule has 0 bridgehead atoms. The second-order valence-electron chi connectivity index (χ2n) is 7.77. The Labute approximate surface area is 206 Å². The largest absolute Gasteiger partial charge is 0.434 e. The molecule has 5 rings (SSSR count). The van der Waals surface area contributed by atoms with Crippen LogP contribution in [0, 0.1) is 18.3 Å². The zero-order valence-corrected chi connectivity index (χ0v) is 18.9. The van der Waals surface area contributed by atoms with Gasteiger partial charge in [-0.05, 0) is 13.0 Å². The van der Waals surface area contributed by atoms with Crippen LogP contribution in [0.4, 0.5) is 24.7 Å². The van der Waals surface area contributed by atoms with E-state index < -0.39 is 23.3 Å². The lowest BCUT2D eigenvalue weighted by atomic mass is 10.1. The van der Waals surface area contributed by atoms with Gasteiger partial charge in [0.05, 0.1) is 47.4 Å². The number of nitriles is 1. The molecule has 0 aliphatic carbocycles. The summed E-state index contributed by atoms with van der Waals surface area (Å²) in [6, 6.07) is 9.72. The van der Waals surface area contributed by atoms with Crippen LogP contribution >= 0.6 is 0 Å². The number of hydrogen-bond donors (Lipinski definition) is 2. The zero-order valence-electron chi connectivity index (χ0n) is 18.9. The van der Waals surface area contributed by atoms with Crippen molar-refractivity contribution in [2.45, 2.75) is 13.1 Å². The zero-order chi connectivity index (χ0) is 26.3. The van der Waals surface area contributed by atoms with Gasteiger partial charge in [-0.1, -0.05) is 24.3 Å². The van der Waals surface area contributed by atoms with E-state index >= 15 is 0 Å². The maximum absolute atomic E-state index is 14.3. The molecule has 4 heterocycles. The number of rotatable bonds is 4. The summed E-state index contributed by atoms with van der Waals surface area (Å²) in [4.78, 5) is 22.4. The van der Waals surface area contributed by atoms with Crippen LogP contribution in [0.2, 0.25) is 0 Å². The molecule has 0 unspecified atom stereocenters. The number of fused-ring (bicyclic) bond motifs is 1. The molecule has 1 aromatic carbocycles. The molecule has 0 radical (unpaired) electrons. The first-order chi connectivity index (χ1) is 17.7. The van der Waals surface area contributed by atoms with Crippen LogP contribution in [-0.2, 0) is 6.18 Å². The van der Waals surface area contributed by atoms with Crippen molar-refractivity contribution in [3.63, 3.8) is 0 Å². The fourth-order valence-electron chi connectivity index (χ4n) is 3.81. The van der Waals surface area contributed by atoms with E-state index in [1.165, 1.54) is 25.4 Å². The second kappa shape index (κ2) is 8.72. The van der Waals surface area contributed by atoms with Crippen LogP contribution in [0.25, 0.3) is 22.3 Å². The number of alkyl halides is 3. The normalized spacial score (nSPS) is 11.4. The van der Waals surface area contributed by atoms with Gasteiger partial charge >= 0.3 is 6.18 Å². The van der Waals surface area contributed by atoms with E-state index in [1.807, 2.05) is 6.07 Å². The molecule has 1 amide bonds. The van der Waals surface area contributed by atoms with Gasteiger partial charge in [-0.15, -0.1) is 4.80 Å². The van der Waals surface area contributed by atoms with Gasteiger partial charge in [0.1, 0.15) is 17.5 Å². The number of carbonyl (C=O) groups excluding carboxylic acids is 1. The van der Waals surface area contributed by atoms with E-state index in [0.29, 0.717) is 15.5 Å². The molecule has 184 valence electrons. The number of nitrogen functional groups attached to an aromatic ring is 1. The molecule has 14 heteroatoms. The summed E-state index contributed by atoms with van der Waals surface area (Å²) in [5.41, 5.74) is 4.12. The van der Waals surface area contributed by atoms with E-state index in [1.54, 1.807) is 24.3 Å². The fraction of sp³-hybridized carbons (Fsp3) is 0.0870. The number of nitrogens with zero attached hydrogens (tertiary/aromatic N) is 8. The Bertz CT molecular complexity index is 1700. The number of pyridine rings is 2. The Kier molecular flexibility index (Phi) is 5.52. The highest BCUT2D eigenvalue weighted by Crippen LogP contribution is 2.36. The van der Waals surface area contributed by atoms with Gasteiger partial charge in [-0.3, -0.25) is 4.79 Å². The molecule has 5 aromatic rings. The Morgan fingerprint density at radius 1 is 1.11 bits per heavy atom. The summed E-state index contributed by atoms with van der Waals surface area (Å²) in [6.07, 6.45) is -0.184. The minimum absolute atomic E-state index is 0.00290. The van der Waals surface area contributed by atoms with Crippen molar-refractivity contribution in [2.24, 2.45) is 0 Å². The monoisotopic (exact) mass is 504 g/mol. The molecule has 37 heavy (non-hydrogen) atoms. The van der Waals surface area contributed by atoms with Gasteiger partial charge in [0, 0.05) is 10.8 Å². The lowest BCUT2D eigenvalue weighted by Crippen LogP contribution is -2.21. The lowest BCUT2D eigenvalue weighted by Gasteiger charge is -2.15. The third-order valence-electron chi connectivity index (χ3n) is 5.49. The van der Waals surface area contributed by atoms with Crippen molar-refractivity contribution < 1.29 is 18.0 Å². The smallest absolute Gasteiger partial charge is 0.383 e. The topological polar surface area (TPSA) is 153 Å². The van der Waals surface area contributed by atoms with E-state index in [4.69, 9.17) is 5.73 Å². The molecule has 0 atom stereocenters. The summed E-state index contributed by atoms with van der Waals surface area (Å²) in [6.45, 7) is 1.52. The number of nitrogens with one attached hydrogen (secondary N) is 1. The third kappa shape index (κ3) is 4.08. The van der Waals surface area contributed by atoms with Crippen molar-refractivity contribution in [2.75, 3.05) is 11.1 Å². The SMILES string of the molecule is Cc1nc(-n2nccn2)c(C#N)cc1NC(=O)c1cnn(-c2cnc(N)c3ccccc23)c1C(F)(F)F. The highest BCUT2D eigenvalue weighted by atomic mass is 19.4. The molecule has 0 aliphatic heterocycles. The lowest BCUT2D eigenvalue weighted by molar-refractivity contribution is -0.143. The number of amides is 1. The molecule has 0 aliphatic rings. The molecule has 0 spiro atoms. The summed E-state index contributed by atoms with van der Waals surface area (Å²) < 4.78 is 43.4. The van der Waals surface area contributed by atoms with E-state index in [9.17, 15) is 23.2 Å². The number of hydrogen-bond acceptors (Lipinski definition) is 8. The average molecular weight is 504 g/mol. The highest BCUT2D eigenvalue weighted by Gasteiger charge is 2.41. The van der Waals surface area contributed by atoms with Crippen molar-refractivity contribution in [3.8, 4) is 17.6 Å². The van der Waals surface area contributed by atoms with Crippen molar-refractivity contribution in [1.82, 2.24) is 34.7 Å². The first-order valence-corrected chi connectivity index (χ1v) is 10.6. The van der Waals surface area contributed by atoms with Crippen LogP contribution in [0.5, 0.6) is 0 Å². The number of aromatic nitrogens is 7. The van der Waals surface area contributed by atoms with Crippen molar-refractivity contribution in [1.29, 1.82) is 5.26 Å². The molecule has 3 N–H and O–H groups in total. The summed E-state index contributed by atoms with van der Waals surface area (Å²) in [5, 5.41) is 24.5. The van der Waals surface area contributed by atoms with Gasteiger partial charge in [0.25, 0.3) is 5.91 Å². The number of aryl methyl sites for hydroxylation is 1. The third-order valence-corrected chi connectivity index (χ3v) is 5.49. The van der Waals surface area contributed by atoms with Gasteiger partial charge in [-0.25, -0.2) is 14.6 Å². The number of nitrogens with two attached hydrogens (primary N) is 1. The minimum atomic E-state index is -4.95. The van der Waals surface area contributed by atoms with E-state index in [-0.39, 0.29) is 34.3 Å². The van der Waals surface area contributed by atoms with Gasteiger partial charge in [0.2, 0.25) is 0 Å². The quantitative estimate of drug-likeness (QED) is 0.377. The molecular formula is C23H15F3N10O. The van der Waals surface area contributed by atoms with E-state index in [0.717, 1.165) is 17.2 Å². The van der Waals surface area contributed by atoms with Crippen LogP contribution in [0.15, 0.2) is 55.1 Å². The van der Waals surface area contributed by atoms with Crippen LogP contribution in [0.3, 0.4) is 0 Å². The Hall–Kier alpha value is -5.32. The Morgan fingerprint density at radius 3 is 2.49 bits per heavy atom. The Morgan fingerprint density at radius 2 is 1.81 bits per heavy atom. The van der Waals surface area contributed by atoms with Gasteiger partial charge in [0.15, 0.2) is 11.5 Å². The molecule has 0 fully saturated rings. The summed E-state index contributed by atoms with van der Waals surface area (Å²) >= 11 is 0. The molecule has 0 saturated heterocycles. The van der Waals surface area contributed by atoms with Gasteiger partial charge < -0.3 is 11.1 Å².